The summed E-state index contributed by atoms with van der Waals surface area (Å²) in [6.07, 6.45) is 0.174. The van der Waals surface area contributed by atoms with Crippen LogP contribution in [0.3, 0.4) is 0 Å². The SMILES string of the molecule is CNC(=O)ON=C(CC(C)(C)SCSc1ccccc1)SCSc1ccccc1. The third-order valence-electron chi connectivity index (χ3n) is 3.62. The lowest BCUT2D eigenvalue weighted by Gasteiger charge is -2.24. The Kier molecular flexibility index (Phi) is 10.9. The molecule has 4 nitrogen and oxygen atoms in total. The van der Waals surface area contributed by atoms with E-state index in [0.717, 1.165) is 21.6 Å². The second-order valence-electron chi connectivity index (χ2n) is 6.49. The van der Waals surface area contributed by atoms with Crippen molar-refractivity contribution in [2.75, 3.05) is 17.2 Å². The first-order chi connectivity index (χ1) is 14.0. The predicted octanol–water partition coefficient (Wildman–Crippen LogP) is 6.79. The minimum atomic E-state index is -0.552. The molecule has 1 amide bonds. The van der Waals surface area contributed by atoms with E-state index < -0.39 is 6.09 Å². The van der Waals surface area contributed by atoms with E-state index in [9.17, 15) is 4.79 Å². The largest absolute Gasteiger partial charge is 0.433 e. The van der Waals surface area contributed by atoms with Crippen molar-refractivity contribution in [3.05, 3.63) is 60.7 Å². The maximum Gasteiger partial charge on any atom is 0.433 e. The number of hydrogen-bond acceptors (Lipinski definition) is 7. The molecule has 156 valence electrons. The van der Waals surface area contributed by atoms with Crippen molar-refractivity contribution in [3.8, 4) is 0 Å². The fourth-order valence-electron chi connectivity index (χ4n) is 2.12. The topological polar surface area (TPSA) is 50.7 Å². The zero-order valence-corrected chi connectivity index (χ0v) is 20.1. The van der Waals surface area contributed by atoms with Gasteiger partial charge in [0, 0.05) is 38.2 Å². The Morgan fingerprint density at radius 3 is 2.07 bits per heavy atom. The van der Waals surface area contributed by atoms with Gasteiger partial charge in [0.1, 0.15) is 5.04 Å². The average molecular weight is 467 g/mol. The molecule has 0 aromatic heterocycles. The summed E-state index contributed by atoms with van der Waals surface area (Å²) in [6, 6.07) is 20.6. The van der Waals surface area contributed by atoms with Crippen molar-refractivity contribution < 1.29 is 9.63 Å². The fourth-order valence-corrected chi connectivity index (χ4v) is 7.08. The van der Waals surface area contributed by atoms with E-state index in [0.29, 0.717) is 0 Å². The zero-order valence-electron chi connectivity index (χ0n) is 16.8. The van der Waals surface area contributed by atoms with Crippen molar-refractivity contribution in [1.82, 2.24) is 5.32 Å². The predicted molar refractivity (Wildman–Crippen MR) is 131 cm³/mol. The Balaban J connectivity index is 1.88. The van der Waals surface area contributed by atoms with Gasteiger partial charge in [-0.2, -0.15) is 0 Å². The number of oxime groups is 1. The number of carbonyl (C=O) groups is 1. The van der Waals surface area contributed by atoms with Gasteiger partial charge in [-0.1, -0.05) is 67.2 Å². The van der Waals surface area contributed by atoms with E-state index in [1.165, 1.54) is 16.8 Å². The Morgan fingerprint density at radius 1 is 0.966 bits per heavy atom. The molecule has 0 saturated carbocycles. The molecule has 0 spiro atoms. The second-order valence-corrected chi connectivity index (χ2v) is 12.0. The monoisotopic (exact) mass is 466 g/mol. The molecule has 0 unspecified atom stereocenters. The van der Waals surface area contributed by atoms with Crippen LogP contribution in [0.5, 0.6) is 0 Å². The number of amides is 1. The molecule has 2 rings (SSSR count). The normalized spacial score (nSPS) is 11.9. The molecule has 2 aromatic rings. The fraction of sp³-hybridized carbons (Fsp3) is 0.333. The van der Waals surface area contributed by atoms with Crippen LogP contribution in [0.2, 0.25) is 0 Å². The molecule has 29 heavy (non-hydrogen) atoms. The van der Waals surface area contributed by atoms with Crippen molar-refractivity contribution in [2.24, 2.45) is 5.16 Å². The highest BCUT2D eigenvalue weighted by molar-refractivity contribution is 8.24. The molecule has 0 aliphatic rings. The molecule has 1 N–H and O–H groups in total. The summed E-state index contributed by atoms with van der Waals surface area (Å²) in [6.45, 7) is 4.40. The minimum absolute atomic E-state index is 0.0307. The number of carbonyl (C=O) groups excluding carboxylic acids is 1. The molecule has 8 heteroatoms. The quantitative estimate of drug-likeness (QED) is 0.104. The molecule has 0 aliphatic heterocycles. The average Bonchev–Trinajstić information content (AvgIpc) is 2.73. The summed E-state index contributed by atoms with van der Waals surface area (Å²) in [5.41, 5.74) is 0. The van der Waals surface area contributed by atoms with Gasteiger partial charge in [-0.05, 0) is 24.3 Å². The van der Waals surface area contributed by atoms with Gasteiger partial charge in [-0.25, -0.2) is 4.79 Å². The van der Waals surface area contributed by atoms with Crippen molar-refractivity contribution in [2.45, 2.75) is 34.8 Å². The first-order valence-electron chi connectivity index (χ1n) is 9.06. The number of benzene rings is 2. The summed E-state index contributed by atoms with van der Waals surface area (Å²) in [5.74, 6) is 0. The molecule has 0 heterocycles. The van der Waals surface area contributed by atoms with Crippen LogP contribution in [0, 0.1) is 0 Å². The van der Waals surface area contributed by atoms with Crippen LogP contribution in [0.4, 0.5) is 4.79 Å². The Morgan fingerprint density at radius 2 is 1.52 bits per heavy atom. The molecule has 0 fully saturated rings. The highest BCUT2D eigenvalue weighted by Crippen LogP contribution is 2.36. The summed E-state index contributed by atoms with van der Waals surface area (Å²) in [7, 11) is 1.52. The van der Waals surface area contributed by atoms with Crippen molar-refractivity contribution in [1.29, 1.82) is 0 Å². The number of thioether (sulfide) groups is 4. The summed E-state index contributed by atoms with van der Waals surface area (Å²) >= 11 is 7.06. The summed E-state index contributed by atoms with van der Waals surface area (Å²) in [5, 5.41) is 9.11. The Bertz CT molecular complexity index is 771. The Labute approximate surface area is 190 Å². The van der Waals surface area contributed by atoms with E-state index in [4.69, 9.17) is 4.84 Å². The minimum Gasteiger partial charge on any atom is -0.323 e. The van der Waals surface area contributed by atoms with Gasteiger partial charge in [0.15, 0.2) is 0 Å². The molecule has 2 aromatic carbocycles. The van der Waals surface area contributed by atoms with Crippen LogP contribution < -0.4 is 5.32 Å². The molecular weight excluding hydrogens is 441 g/mol. The van der Waals surface area contributed by atoms with Crippen molar-refractivity contribution >= 4 is 58.2 Å². The zero-order chi connectivity index (χ0) is 21.0. The number of nitrogens with zero attached hydrogens (tertiary/aromatic N) is 1. The van der Waals surface area contributed by atoms with Crippen molar-refractivity contribution in [3.63, 3.8) is 0 Å². The van der Waals surface area contributed by atoms with E-state index in [1.807, 2.05) is 47.8 Å². The molecule has 0 atom stereocenters. The van der Waals surface area contributed by atoms with Gasteiger partial charge in [-0.15, -0.1) is 35.3 Å². The van der Waals surface area contributed by atoms with Crippen LogP contribution in [0.1, 0.15) is 20.3 Å². The van der Waals surface area contributed by atoms with Crippen LogP contribution in [0.15, 0.2) is 75.6 Å². The van der Waals surface area contributed by atoms with Gasteiger partial charge < -0.3 is 5.32 Å². The molecule has 0 bridgehead atoms. The van der Waals surface area contributed by atoms with Crippen LogP contribution in [0.25, 0.3) is 0 Å². The van der Waals surface area contributed by atoms with Gasteiger partial charge in [-0.3, -0.25) is 4.84 Å². The molecule has 0 radical (unpaired) electrons. The maximum absolute atomic E-state index is 11.4. The van der Waals surface area contributed by atoms with Crippen LogP contribution in [-0.4, -0.2) is 33.1 Å². The van der Waals surface area contributed by atoms with Gasteiger partial charge in [0.25, 0.3) is 0 Å². The van der Waals surface area contributed by atoms with Gasteiger partial charge in [0.2, 0.25) is 0 Å². The number of rotatable bonds is 10. The summed E-state index contributed by atoms with van der Waals surface area (Å²) in [4.78, 5) is 18.9. The number of nitrogens with one attached hydrogen (secondary N) is 1. The van der Waals surface area contributed by atoms with Gasteiger partial charge in [0.05, 0.1) is 0 Å². The van der Waals surface area contributed by atoms with Crippen LogP contribution in [-0.2, 0) is 4.84 Å². The number of hydrogen-bond donors (Lipinski definition) is 1. The summed E-state index contributed by atoms with van der Waals surface area (Å²) < 4.78 is -0.0307. The van der Waals surface area contributed by atoms with Gasteiger partial charge >= 0.3 is 6.09 Å². The first kappa shape index (κ1) is 24.1. The maximum atomic E-state index is 11.4. The molecule has 0 aliphatic carbocycles. The standard InChI is InChI=1S/C21H26N2O2S4/c1-21(2,29-16-27-18-12-8-5-9-13-18)14-19(23-25-20(24)22-3)28-15-26-17-10-6-4-7-11-17/h4-13H,14-16H2,1-3H3,(H,22,24). The Hall–Kier alpha value is -1.22. The lowest BCUT2D eigenvalue weighted by atomic mass is 10.1. The third kappa shape index (κ3) is 10.4. The first-order valence-corrected chi connectivity index (χ1v) is 13.0. The van der Waals surface area contributed by atoms with E-state index >= 15 is 0 Å². The van der Waals surface area contributed by atoms with Crippen LogP contribution >= 0.6 is 47.0 Å². The highest BCUT2D eigenvalue weighted by atomic mass is 32.2. The lowest BCUT2D eigenvalue weighted by molar-refractivity contribution is 0.153. The molecular formula is C21H26N2O2S4. The van der Waals surface area contributed by atoms with E-state index in [-0.39, 0.29) is 4.75 Å². The smallest absolute Gasteiger partial charge is 0.323 e. The van der Waals surface area contributed by atoms with E-state index in [2.05, 4.69) is 60.7 Å². The molecule has 0 saturated heterocycles. The highest BCUT2D eigenvalue weighted by Gasteiger charge is 2.22. The third-order valence-corrected chi connectivity index (χ3v) is 8.20. The van der Waals surface area contributed by atoms with E-state index in [1.54, 1.807) is 23.5 Å². The lowest BCUT2D eigenvalue weighted by Crippen LogP contribution is -2.21. The second kappa shape index (κ2) is 13.2.